The predicted molar refractivity (Wildman–Crippen MR) is 76.4 cm³/mol. The first-order valence-corrected chi connectivity index (χ1v) is 6.91. The molecule has 0 spiro atoms. The fourth-order valence-electron chi connectivity index (χ4n) is 2.34. The average molecular weight is 293 g/mol. The molecular weight excluding hydrogens is 279 g/mol. The lowest BCUT2D eigenvalue weighted by Crippen LogP contribution is -2.06. The number of hydrogen-bond acceptors (Lipinski definition) is 2. The standard InChI is InChI=1S/C15H14ClFN2O/c1-10(16)15-18-13-9-11(17)4-5-14(13)19(15)7-6-12-3-2-8-20-12/h2-5,8-10H,6-7H2,1H3. The van der Waals surface area contributed by atoms with Gasteiger partial charge in [0.05, 0.1) is 22.7 Å². The van der Waals surface area contributed by atoms with Crippen molar-refractivity contribution in [3.63, 3.8) is 0 Å². The van der Waals surface area contributed by atoms with E-state index in [1.54, 1.807) is 12.3 Å². The number of aryl methyl sites for hydroxylation is 2. The van der Waals surface area contributed by atoms with Crippen LogP contribution in [-0.4, -0.2) is 9.55 Å². The maximum absolute atomic E-state index is 13.3. The summed E-state index contributed by atoms with van der Waals surface area (Å²) < 4.78 is 20.6. The Bertz CT molecular complexity index is 719. The highest BCUT2D eigenvalue weighted by atomic mass is 35.5. The molecule has 0 aliphatic carbocycles. The molecule has 0 bridgehead atoms. The van der Waals surface area contributed by atoms with Crippen LogP contribution in [0.3, 0.4) is 0 Å². The molecule has 0 radical (unpaired) electrons. The van der Waals surface area contributed by atoms with Crippen molar-refractivity contribution in [2.24, 2.45) is 0 Å². The number of fused-ring (bicyclic) bond motifs is 1. The van der Waals surface area contributed by atoms with Crippen molar-refractivity contribution in [3.8, 4) is 0 Å². The van der Waals surface area contributed by atoms with Crippen LogP contribution in [-0.2, 0) is 13.0 Å². The zero-order valence-corrected chi connectivity index (χ0v) is 11.8. The molecule has 0 aliphatic heterocycles. The Morgan fingerprint density at radius 1 is 1.40 bits per heavy atom. The number of hydrogen-bond donors (Lipinski definition) is 0. The largest absolute Gasteiger partial charge is 0.469 e. The van der Waals surface area contributed by atoms with E-state index in [4.69, 9.17) is 16.0 Å². The first-order chi connectivity index (χ1) is 9.65. The second kappa shape index (κ2) is 5.29. The molecule has 0 saturated carbocycles. The lowest BCUT2D eigenvalue weighted by molar-refractivity contribution is 0.490. The van der Waals surface area contributed by atoms with Crippen LogP contribution < -0.4 is 0 Å². The number of rotatable bonds is 4. The molecule has 20 heavy (non-hydrogen) atoms. The SMILES string of the molecule is CC(Cl)c1nc2cc(F)ccc2n1CCc1ccco1. The predicted octanol–water partition coefficient (Wildman–Crippen LogP) is 4.31. The maximum Gasteiger partial charge on any atom is 0.127 e. The minimum Gasteiger partial charge on any atom is -0.469 e. The van der Waals surface area contributed by atoms with Crippen molar-refractivity contribution >= 4 is 22.6 Å². The van der Waals surface area contributed by atoms with Gasteiger partial charge >= 0.3 is 0 Å². The molecule has 1 unspecified atom stereocenters. The maximum atomic E-state index is 13.3. The van der Waals surface area contributed by atoms with E-state index in [0.717, 1.165) is 23.5 Å². The van der Waals surface area contributed by atoms with Crippen LogP contribution in [0.5, 0.6) is 0 Å². The van der Waals surface area contributed by atoms with Gasteiger partial charge in [-0.15, -0.1) is 11.6 Å². The van der Waals surface area contributed by atoms with E-state index in [2.05, 4.69) is 4.98 Å². The van der Waals surface area contributed by atoms with Crippen LogP contribution in [0.4, 0.5) is 4.39 Å². The molecule has 2 heterocycles. The number of benzene rings is 1. The fraction of sp³-hybridized carbons (Fsp3) is 0.267. The molecule has 2 aromatic heterocycles. The molecule has 1 aromatic carbocycles. The normalized spacial score (nSPS) is 12.9. The zero-order valence-electron chi connectivity index (χ0n) is 11.0. The van der Waals surface area contributed by atoms with E-state index in [1.807, 2.05) is 23.6 Å². The number of halogens is 2. The van der Waals surface area contributed by atoms with Crippen LogP contribution in [0.25, 0.3) is 11.0 Å². The van der Waals surface area contributed by atoms with Gasteiger partial charge in [-0.3, -0.25) is 0 Å². The molecule has 3 rings (SSSR count). The van der Waals surface area contributed by atoms with Crippen molar-refractivity contribution in [2.45, 2.75) is 25.3 Å². The molecule has 0 N–H and O–H groups in total. The van der Waals surface area contributed by atoms with Crippen molar-refractivity contribution in [2.75, 3.05) is 0 Å². The fourth-order valence-corrected chi connectivity index (χ4v) is 2.50. The minimum absolute atomic E-state index is 0.234. The molecule has 0 fully saturated rings. The lowest BCUT2D eigenvalue weighted by atomic mass is 10.3. The molecule has 104 valence electrons. The molecule has 1 atom stereocenters. The molecule has 5 heteroatoms. The van der Waals surface area contributed by atoms with E-state index < -0.39 is 0 Å². The Labute approximate surface area is 121 Å². The Morgan fingerprint density at radius 3 is 2.95 bits per heavy atom. The van der Waals surface area contributed by atoms with E-state index in [-0.39, 0.29) is 11.2 Å². The van der Waals surface area contributed by atoms with Crippen LogP contribution in [0, 0.1) is 5.82 Å². The van der Waals surface area contributed by atoms with Gasteiger partial charge in [0.25, 0.3) is 0 Å². The number of furan rings is 1. The Balaban J connectivity index is 2.00. The van der Waals surface area contributed by atoms with Crippen molar-refractivity contribution in [1.82, 2.24) is 9.55 Å². The van der Waals surface area contributed by atoms with Gasteiger partial charge in [-0.1, -0.05) is 0 Å². The highest BCUT2D eigenvalue weighted by Crippen LogP contribution is 2.25. The first kappa shape index (κ1) is 13.2. The summed E-state index contributed by atoms with van der Waals surface area (Å²) in [6.07, 6.45) is 2.40. The average Bonchev–Trinajstić information content (AvgIpc) is 3.02. The third kappa shape index (κ3) is 2.43. The molecule has 0 amide bonds. The number of imidazole rings is 1. The summed E-state index contributed by atoms with van der Waals surface area (Å²) in [6.45, 7) is 2.56. The molecule has 0 aliphatic rings. The van der Waals surface area contributed by atoms with Gasteiger partial charge in [-0.05, 0) is 31.2 Å². The highest BCUT2D eigenvalue weighted by molar-refractivity contribution is 6.20. The van der Waals surface area contributed by atoms with Crippen molar-refractivity contribution in [1.29, 1.82) is 0 Å². The van der Waals surface area contributed by atoms with Gasteiger partial charge in [0.15, 0.2) is 0 Å². The summed E-state index contributed by atoms with van der Waals surface area (Å²) in [6, 6.07) is 8.41. The van der Waals surface area contributed by atoms with Crippen LogP contribution >= 0.6 is 11.6 Å². The molecular formula is C15H14ClFN2O. The van der Waals surface area contributed by atoms with Gasteiger partial charge in [0, 0.05) is 19.0 Å². The summed E-state index contributed by atoms with van der Waals surface area (Å²) >= 11 is 6.18. The van der Waals surface area contributed by atoms with Crippen LogP contribution in [0.1, 0.15) is 23.9 Å². The van der Waals surface area contributed by atoms with Crippen LogP contribution in [0.15, 0.2) is 41.0 Å². The first-order valence-electron chi connectivity index (χ1n) is 6.47. The van der Waals surface area contributed by atoms with Gasteiger partial charge in [0.1, 0.15) is 17.4 Å². The summed E-state index contributed by atoms with van der Waals surface area (Å²) in [4.78, 5) is 4.43. The smallest absolute Gasteiger partial charge is 0.127 e. The Kier molecular flexibility index (Phi) is 3.49. The van der Waals surface area contributed by atoms with Gasteiger partial charge in [-0.25, -0.2) is 9.37 Å². The van der Waals surface area contributed by atoms with Crippen molar-refractivity contribution < 1.29 is 8.81 Å². The Hall–Kier alpha value is -1.81. The highest BCUT2D eigenvalue weighted by Gasteiger charge is 2.15. The topological polar surface area (TPSA) is 31.0 Å². The number of alkyl halides is 1. The molecule has 0 saturated heterocycles. The van der Waals surface area contributed by atoms with Crippen molar-refractivity contribution in [3.05, 3.63) is 54.0 Å². The summed E-state index contributed by atoms with van der Waals surface area (Å²) in [5.41, 5.74) is 1.52. The van der Waals surface area contributed by atoms with Gasteiger partial charge in [0.2, 0.25) is 0 Å². The second-order valence-corrected chi connectivity index (χ2v) is 5.35. The summed E-state index contributed by atoms with van der Waals surface area (Å²) in [5.74, 6) is 1.36. The van der Waals surface area contributed by atoms with E-state index in [0.29, 0.717) is 12.1 Å². The quantitative estimate of drug-likeness (QED) is 0.671. The van der Waals surface area contributed by atoms with Crippen LogP contribution in [0.2, 0.25) is 0 Å². The third-order valence-electron chi connectivity index (χ3n) is 3.26. The lowest BCUT2D eigenvalue weighted by Gasteiger charge is -2.09. The van der Waals surface area contributed by atoms with E-state index in [9.17, 15) is 4.39 Å². The summed E-state index contributed by atoms with van der Waals surface area (Å²) in [5, 5.41) is -0.234. The van der Waals surface area contributed by atoms with Gasteiger partial charge < -0.3 is 8.98 Å². The van der Waals surface area contributed by atoms with E-state index >= 15 is 0 Å². The third-order valence-corrected chi connectivity index (χ3v) is 3.45. The monoisotopic (exact) mass is 292 g/mol. The summed E-state index contributed by atoms with van der Waals surface area (Å²) in [7, 11) is 0. The van der Waals surface area contributed by atoms with Gasteiger partial charge in [-0.2, -0.15) is 0 Å². The van der Waals surface area contributed by atoms with E-state index in [1.165, 1.54) is 12.1 Å². The second-order valence-electron chi connectivity index (χ2n) is 4.70. The number of nitrogens with zero attached hydrogens (tertiary/aromatic N) is 2. The number of aromatic nitrogens is 2. The zero-order chi connectivity index (χ0) is 14.1. The molecule has 3 nitrogen and oxygen atoms in total. The minimum atomic E-state index is -0.290. The molecule has 3 aromatic rings. The Morgan fingerprint density at radius 2 is 2.25 bits per heavy atom.